The van der Waals surface area contributed by atoms with Gasteiger partial charge in [-0.25, -0.2) is 9.78 Å². The summed E-state index contributed by atoms with van der Waals surface area (Å²) in [5, 5.41) is 0.288. The maximum Gasteiger partial charge on any atom is 0.344 e. The fraction of sp³-hybridized carbons (Fsp3) is 0.364. The highest BCUT2D eigenvalue weighted by molar-refractivity contribution is 6.35. The van der Waals surface area contributed by atoms with Gasteiger partial charge in [0.25, 0.3) is 0 Å². The molecule has 4 aromatic rings. The number of halogens is 1. The van der Waals surface area contributed by atoms with Gasteiger partial charge in [-0.2, -0.15) is 0 Å². The Balaban J connectivity index is 1.65. The summed E-state index contributed by atoms with van der Waals surface area (Å²) in [6, 6.07) is 17.0. The number of carbonyl (C=O) groups is 2. The van der Waals surface area contributed by atoms with E-state index in [0.717, 1.165) is 28.6 Å². The van der Waals surface area contributed by atoms with Gasteiger partial charge in [-0.1, -0.05) is 55.8 Å². The molecule has 0 radical (unpaired) electrons. The van der Waals surface area contributed by atoms with E-state index in [1.807, 2.05) is 42.5 Å². The molecule has 10 heteroatoms. The van der Waals surface area contributed by atoms with Crippen molar-refractivity contribution in [2.24, 2.45) is 5.92 Å². The largest absolute Gasteiger partial charge is 0.493 e. The zero-order chi connectivity index (χ0) is 30.9. The van der Waals surface area contributed by atoms with E-state index >= 15 is 0 Å². The van der Waals surface area contributed by atoms with Crippen molar-refractivity contribution in [3.05, 3.63) is 76.6 Å². The highest BCUT2D eigenvalue weighted by Gasteiger charge is 2.24. The van der Waals surface area contributed by atoms with E-state index in [4.69, 9.17) is 35.5 Å². The van der Waals surface area contributed by atoms with Gasteiger partial charge in [-0.15, -0.1) is 0 Å². The number of methoxy groups -OCH3 is 2. The fourth-order valence-corrected chi connectivity index (χ4v) is 5.13. The van der Waals surface area contributed by atoms with Crippen LogP contribution in [0.1, 0.15) is 50.6 Å². The van der Waals surface area contributed by atoms with E-state index in [1.165, 1.54) is 14.2 Å². The Labute approximate surface area is 257 Å². The lowest BCUT2D eigenvalue weighted by molar-refractivity contribution is -0.145. The predicted octanol–water partition coefficient (Wildman–Crippen LogP) is 6.74. The summed E-state index contributed by atoms with van der Waals surface area (Å²) < 4.78 is 21.7. The molecule has 0 atom stereocenters. The van der Waals surface area contributed by atoms with E-state index in [0.29, 0.717) is 54.1 Å². The summed E-state index contributed by atoms with van der Waals surface area (Å²) in [4.78, 5) is 35.3. The Morgan fingerprint density at radius 3 is 2.47 bits per heavy atom. The first-order valence-corrected chi connectivity index (χ1v) is 14.7. The van der Waals surface area contributed by atoms with Crippen LogP contribution in [-0.2, 0) is 27.3 Å². The Morgan fingerprint density at radius 2 is 1.74 bits per heavy atom. The Morgan fingerprint density at radius 1 is 0.977 bits per heavy atom. The molecule has 4 rings (SSSR count). The molecule has 0 spiro atoms. The van der Waals surface area contributed by atoms with Crippen molar-refractivity contribution in [2.45, 2.75) is 46.6 Å². The number of hydrogen-bond acceptors (Lipinski definition) is 7. The molecule has 0 unspecified atom stereocenters. The predicted molar refractivity (Wildman–Crippen MR) is 167 cm³/mol. The third-order valence-corrected chi connectivity index (χ3v) is 7.32. The van der Waals surface area contributed by atoms with Crippen molar-refractivity contribution in [3.8, 4) is 17.2 Å². The SMILES string of the molecule is CCOC(=O)COc1ccccc1Cc1cccc2nc(CN(C(=O)CCC(C)C)c3ccc(OC)c(OC)c3Cl)[nH]c12. The normalized spacial score (nSPS) is 11.0. The number of nitrogens with one attached hydrogen (secondary N) is 1. The molecule has 0 saturated carbocycles. The van der Waals surface area contributed by atoms with Crippen LogP contribution in [0.15, 0.2) is 54.6 Å². The van der Waals surface area contributed by atoms with Crippen molar-refractivity contribution in [2.75, 3.05) is 32.3 Å². The molecule has 0 aliphatic rings. The molecule has 0 saturated heterocycles. The number of rotatable bonds is 14. The van der Waals surface area contributed by atoms with Crippen LogP contribution in [0.25, 0.3) is 11.0 Å². The molecule has 1 N–H and O–H groups in total. The Bertz CT molecular complexity index is 1570. The number of carbonyl (C=O) groups excluding carboxylic acids is 2. The number of benzene rings is 3. The van der Waals surface area contributed by atoms with Gasteiger partial charge >= 0.3 is 5.97 Å². The number of hydrogen-bond donors (Lipinski definition) is 1. The molecule has 0 fully saturated rings. The maximum atomic E-state index is 13.6. The topological polar surface area (TPSA) is 103 Å². The number of amides is 1. The van der Waals surface area contributed by atoms with Gasteiger partial charge in [-0.3, -0.25) is 4.79 Å². The smallest absolute Gasteiger partial charge is 0.344 e. The van der Waals surface area contributed by atoms with Crippen LogP contribution >= 0.6 is 11.6 Å². The van der Waals surface area contributed by atoms with Gasteiger partial charge in [-0.05, 0) is 54.7 Å². The number of esters is 1. The highest BCUT2D eigenvalue weighted by Crippen LogP contribution is 2.42. The number of anilines is 1. The molecular formula is C33H38ClN3O6. The second-order valence-electron chi connectivity index (χ2n) is 10.4. The summed E-state index contributed by atoms with van der Waals surface area (Å²) in [5.41, 5.74) is 4.04. The average Bonchev–Trinajstić information content (AvgIpc) is 3.42. The second kappa shape index (κ2) is 14.8. The molecule has 43 heavy (non-hydrogen) atoms. The van der Waals surface area contributed by atoms with Gasteiger partial charge in [0, 0.05) is 12.8 Å². The lowest BCUT2D eigenvalue weighted by Gasteiger charge is -2.25. The van der Waals surface area contributed by atoms with Gasteiger partial charge in [0.2, 0.25) is 5.91 Å². The monoisotopic (exact) mass is 607 g/mol. The number of aromatic amines is 1. The van der Waals surface area contributed by atoms with Crippen molar-refractivity contribution in [1.29, 1.82) is 0 Å². The Kier molecular flexibility index (Phi) is 10.9. The number of H-pyrrole nitrogens is 1. The maximum absolute atomic E-state index is 13.6. The van der Waals surface area contributed by atoms with Crippen LogP contribution in [0.5, 0.6) is 17.2 Å². The van der Waals surface area contributed by atoms with Gasteiger partial charge in [0.05, 0.1) is 44.1 Å². The zero-order valence-corrected chi connectivity index (χ0v) is 26.0. The molecule has 0 aliphatic carbocycles. The molecular weight excluding hydrogens is 570 g/mol. The van der Waals surface area contributed by atoms with Crippen LogP contribution < -0.4 is 19.1 Å². The number of imidazole rings is 1. The van der Waals surface area contributed by atoms with E-state index in [2.05, 4.69) is 18.8 Å². The van der Waals surface area contributed by atoms with E-state index in [1.54, 1.807) is 24.0 Å². The van der Waals surface area contributed by atoms with Crippen LogP contribution in [0.2, 0.25) is 5.02 Å². The van der Waals surface area contributed by atoms with E-state index in [9.17, 15) is 9.59 Å². The fourth-order valence-electron chi connectivity index (χ4n) is 4.79. The average molecular weight is 608 g/mol. The summed E-state index contributed by atoms with van der Waals surface area (Å²) in [7, 11) is 3.05. The minimum absolute atomic E-state index is 0.0730. The number of para-hydroxylation sites is 2. The van der Waals surface area contributed by atoms with Gasteiger partial charge in [0.15, 0.2) is 18.1 Å². The molecule has 9 nitrogen and oxygen atoms in total. The van der Waals surface area contributed by atoms with Crippen molar-refractivity contribution in [3.63, 3.8) is 0 Å². The van der Waals surface area contributed by atoms with Gasteiger partial charge in [0.1, 0.15) is 16.6 Å². The first-order valence-electron chi connectivity index (χ1n) is 14.3. The molecule has 228 valence electrons. The molecule has 0 bridgehead atoms. The third-order valence-electron chi connectivity index (χ3n) is 6.96. The molecule has 1 heterocycles. The molecule has 1 amide bonds. The number of nitrogens with zero attached hydrogens (tertiary/aromatic N) is 2. The highest BCUT2D eigenvalue weighted by atomic mass is 35.5. The number of fused-ring (bicyclic) bond motifs is 1. The minimum atomic E-state index is -0.417. The summed E-state index contributed by atoms with van der Waals surface area (Å²) in [6.45, 7) is 6.24. The summed E-state index contributed by atoms with van der Waals surface area (Å²) in [5.74, 6) is 1.93. The van der Waals surface area contributed by atoms with E-state index in [-0.39, 0.29) is 24.1 Å². The van der Waals surface area contributed by atoms with Crippen molar-refractivity contribution < 1.29 is 28.5 Å². The molecule has 1 aromatic heterocycles. The van der Waals surface area contributed by atoms with Gasteiger partial charge < -0.3 is 28.8 Å². The van der Waals surface area contributed by atoms with Crippen molar-refractivity contribution in [1.82, 2.24) is 9.97 Å². The zero-order valence-electron chi connectivity index (χ0n) is 25.2. The lowest BCUT2D eigenvalue weighted by Crippen LogP contribution is -2.31. The minimum Gasteiger partial charge on any atom is -0.493 e. The first-order chi connectivity index (χ1) is 20.7. The molecule has 0 aliphatic heterocycles. The van der Waals surface area contributed by atoms with E-state index < -0.39 is 5.97 Å². The first kappa shape index (κ1) is 31.7. The molecule has 3 aromatic carbocycles. The van der Waals surface area contributed by atoms with Crippen molar-refractivity contribution >= 4 is 40.2 Å². The second-order valence-corrected chi connectivity index (χ2v) is 10.8. The quantitative estimate of drug-likeness (QED) is 0.158. The van der Waals surface area contributed by atoms with Crippen LogP contribution in [0.4, 0.5) is 5.69 Å². The standard InChI is InChI=1S/C33H38ClN3O6/c1-6-42-30(39)20-43-26-13-8-7-10-22(26)18-23-11-9-12-24-32(23)36-28(35-24)19-37(29(38)17-14-21(2)3)25-15-16-27(40-4)33(41-5)31(25)34/h7-13,15-16,21H,6,14,17-20H2,1-5H3,(H,35,36). The van der Waals surface area contributed by atoms with Crippen LogP contribution in [0, 0.1) is 5.92 Å². The van der Waals surface area contributed by atoms with Crippen LogP contribution in [-0.4, -0.2) is 49.3 Å². The Hall–Kier alpha value is -4.24. The van der Waals surface area contributed by atoms with Crippen LogP contribution in [0.3, 0.4) is 0 Å². The number of ether oxygens (including phenoxy) is 4. The summed E-state index contributed by atoms with van der Waals surface area (Å²) in [6.07, 6.45) is 1.63. The lowest BCUT2D eigenvalue weighted by atomic mass is 10.0. The summed E-state index contributed by atoms with van der Waals surface area (Å²) >= 11 is 6.76. The number of aromatic nitrogens is 2. The third kappa shape index (κ3) is 7.78.